The van der Waals surface area contributed by atoms with E-state index in [2.05, 4.69) is 26.5 Å². The van der Waals surface area contributed by atoms with Crippen LogP contribution in [0.4, 0.5) is 19.3 Å². The van der Waals surface area contributed by atoms with Crippen molar-refractivity contribution in [3.63, 3.8) is 0 Å². The Morgan fingerprint density at radius 2 is 1.56 bits per heavy atom. The third kappa shape index (κ3) is 8.15. The number of anilines is 1. The lowest BCUT2D eigenvalue weighted by atomic mass is 9.57. The van der Waals surface area contributed by atoms with Crippen molar-refractivity contribution in [1.29, 1.82) is 0 Å². The average molecular weight is 806 g/mol. The molecule has 1 aliphatic carbocycles. The van der Waals surface area contributed by atoms with Gasteiger partial charge in [-0.05, 0) is 136 Å². The van der Waals surface area contributed by atoms with Crippen LogP contribution in [0.5, 0.6) is 0 Å². The molecule has 4 heterocycles. The third-order valence-corrected chi connectivity index (χ3v) is 14.9. The third-order valence-electron chi connectivity index (χ3n) is 13.1. The van der Waals surface area contributed by atoms with Crippen molar-refractivity contribution in [2.75, 3.05) is 77.6 Å². The van der Waals surface area contributed by atoms with Gasteiger partial charge in [0.2, 0.25) is 9.84 Å². The van der Waals surface area contributed by atoms with Crippen molar-refractivity contribution >= 4 is 27.5 Å². The van der Waals surface area contributed by atoms with Gasteiger partial charge in [0.15, 0.2) is 5.67 Å². The summed E-state index contributed by atoms with van der Waals surface area (Å²) in [5.74, 6) is -0.208. The Kier molecular flexibility index (Phi) is 11.3. The Labute approximate surface area is 334 Å². The lowest BCUT2D eigenvalue weighted by Crippen LogP contribution is -2.65. The summed E-state index contributed by atoms with van der Waals surface area (Å²) in [6.45, 7) is 5.92. The summed E-state index contributed by atoms with van der Waals surface area (Å²) >= 11 is 0. The maximum Gasteiger partial charge on any atom is 0.407 e. The minimum atomic E-state index is -3.82. The number of ether oxygens (including phenoxy) is 2. The van der Waals surface area contributed by atoms with Crippen LogP contribution in [0.1, 0.15) is 54.4 Å². The molecule has 1 saturated carbocycles. The van der Waals surface area contributed by atoms with E-state index in [0.717, 1.165) is 82.5 Å². The summed E-state index contributed by atoms with van der Waals surface area (Å²) < 4.78 is 68.2. The van der Waals surface area contributed by atoms with E-state index in [-0.39, 0.29) is 63.9 Å². The Morgan fingerprint density at radius 1 is 0.877 bits per heavy atom. The van der Waals surface area contributed by atoms with Crippen LogP contribution in [0.3, 0.4) is 0 Å². The van der Waals surface area contributed by atoms with Crippen LogP contribution in [0, 0.1) is 17.7 Å². The molecule has 306 valence electrons. The topological polar surface area (TPSA) is 121 Å². The molecule has 4 aliphatic heterocycles. The van der Waals surface area contributed by atoms with E-state index < -0.39 is 21.6 Å². The number of alkyl halides is 1. The fraction of sp³-hybridized carbons (Fsp3) is 0.535. The second-order valence-corrected chi connectivity index (χ2v) is 18.7. The van der Waals surface area contributed by atoms with Gasteiger partial charge in [0.1, 0.15) is 5.82 Å². The summed E-state index contributed by atoms with van der Waals surface area (Å²) in [5, 5.41) is 5.98. The number of likely N-dealkylation sites (tertiary alicyclic amines) is 2. The molecular weight excluding hydrogens is 753 g/mol. The molecule has 0 unspecified atom stereocenters. The molecule has 5 aliphatic rings. The first-order valence-corrected chi connectivity index (χ1v) is 21.8. The van der Waals surface area contributed by atoms with Gasteiger partial charge in [-0.1, -0.05) is 18.6 Å². The number of carbonyl (C=O) groups excluding carboxylic acids is 2. The van der Waals surface area contributed by atoms with Gasteiger partial charge in [0.05, 0.1) is 49.2 Å². The highest BCUT2D eigenvalue weighted by Crippen LogP contribution is 2.51. The summed E-state index contributed by atoms with van der Waals surface area (Å²) in [6, 6.07) is 19.4. The molecule has 5 fully saturated rings. The number of carbonyl (C=O) groups is 2. The smallest absolute Gasteiger partial charge is 0.407 e. The highest BCUT2D eigenvalue weighted by Gasteiger charge is 2.54. The largest absolute Gasteiger partial charge is 0.453 e. The van der Waals surface area contributed by atoms with E-state index in [1.165, 1.54) is 37.4 Å². The number of nitrogens with zero attached hydrogens (tertiary/aromatic N) is 3. The Bertz CT molecular complexity index is 2020. The van der Waals surface area contributed by atoms with Crippen molar-refractivity contribution < 1.29 is 36.3 Å². The number of sulfone groups is 1. The predicted octanol–water partition coefficient (Wildman–Crippen LogP) is 5.20. The van der Waals surface area contributed by atoms with Crippen molar-refractivity contribution in [3.05, 3.63) is 89.7 Å². The zero-order valence-corrected chi connectivity index (χ0v) is 33.3. The maximum absolute atomic E-state index is 16.3. The number of nitrogens with one attached hydrogen (secondary N) is 2. The van der Waals surface area contributed by atoms with Gasteiger partial charge >= 0.3 is 6.09 Å². The predicted molar refractivity (Wildman–Crippen MR) is 211 cm³/mol. The molecule has 8 rings (SSSR count). The maximum atomic E-state index is 16.3. The monoisotopic (exact) mass is 805 g/mol. The summed E-state index contributed by atoms with van der Waals surface area (Å²) in [6.07, 6.45) is 5.13. The van der Waals surface area contributed by atoms with Crippen LogP contribution in [-0.2, 0) is 24.7 Å². The Morgan fingerprint density at radius 3 is 2.16 bits per heavy atom. The van der Waals surface area contributed by atoms with Crippen LogP contribution >= 0.6 is 0 Å². The van der Waals surface area contributed by atoms with Crippen LogP contribution in [-0.4, -0.2) is 121 Å². The van der Waals surface area contributed by atoms with E-state index in [0.29, 0.717) is 25.3 Å². The number of rotatable bonds is 13. The fourth-order valence-electron chi connectivity index (χ4n) is 10.0. The normalized spacial score (nSPS) is 24.1. The molecule has 0 spiro atoms. The zero-order chi connectivity index (χ0) is 39.8. The number of piperidine rings is 1. The van der Waals surface area contributed by atoms with Crippen molar-refractivity contribution in [2.45, 2.75) is 71.5 Å². The molecule has 0 bridgehead atoms. The number of hydrogen-bond acceptors (Lipinski definition) is 9. The van der Waals surface area contributed by atoms with E-state index in [1.807, 2.05) is 4.90 Å². The molecule has 3 aromatic rings. The molecular formula is C43H53F2N5O6S. The van der Waals surface area contributed by atoms with Crippen LogP contribution in [0.15, 0.2) is 82.6 Å². The molecule has 3 atom stereocenters. The molecule has 57 heavy (non-hydrogen) atoms. The highest BCUT2D eigenvalue weighted by atomic mass is 32.2. The van der Waals surface area contributed by atoms with Crippen molar-refractivity contribution in [3.8, 4) is 0 Å². The van der Waals surface area contributed by atoms with Gasteiger partial charge in [-0.2, -0.15) is 0 Å². The van der Waals surface area contributed by atoms with Gasteiger partial charge in [0, 0.05) is 35.8 Å². The molecule has 2 N–H and O–H groups in total. The van der Waals surface area contributed by atoms with Gasteiger partial charge in [-0.3, -0.25) is 9.69 Å². The lowest BCUT2D eigenvalue weighted by molar-refractivity contribution is -0.00346. The quantitative estimate of drug-likeness (QED) is 0.241. The Balaban J connectivity index is 0.903. The van der Waals surface area contributed by atoms with Crippen molar-refractivity contribution in [2.24, 2.45) is 11.8 Å². The number of halogens is 2. The van der Waals surface area contributed by atoms with Gasteiger partial charge < -0.3 is 29.9 Å². The molecule has 11 nitrogen and oxygen atoms in total. The molecule has 3 aromatic carbocycles. The minimum Gasteiger partial charge on any atom is -0.453 e. The molecule has 14 heteroatoms. The van der Waals surface area contributed by atoms with Crippen molar-refractivity contribution in [1.82, 2.24) is 20.4 Å². The number of benzene rings is 3. The standard InChI is InChI=1S/C43H53F2N5O6S/c1-55-41(52)47-39-8-3-7-38(39)43(29-48-19-4-20-48,32-5-2-6-33(44)23-32)31-17-21-49(22-18-31)26-42(45)27-50(28-42)35-11-15-37(16-12-35)57(53,54)36-13-9-30(10-14-36)40(51)46-34-24-56-25-34/h2,5-6,9-16,23,31,34,38-39H,3-4,7-8,17-22,24-29H2,1H3,(H,46,51)(H,47,52)/t38-,39-,43-/m0/s1. The van der Waals surface area contributed by atoms with E-state index in [9.17, 15) is 18.0 Å². The fourth-order valence-corrected chi connectivity index (χ4v) is 11.3. The first-order valence-electron chi connectivity index (χ1n) is 20.3. The highest BCUT2D eigenvalue weighted by molar-refractivity contribution is 7.91. The number of methoxy groups -OCH3 is 1. The second-order valence-electron chi connectivity index (χ2n) is 16.7. The van der Waals surface area contributed by atoms with Crippen LogP contribution in [0.2, 0.25) is 0 Å². The lowest BCUT2D eigenvalue weighted by Gasteiger charge is -2.54. The average Bonchev–Trinajstić information content (AvgIpc) is 3.63. The molecule has 0 radical (unpaired) electrons. The van der Waals surface area contributed by atoms with Crippen LogP contribution in [0.25, 0.3) is 0 Å². The molecule has 4 saturated heterocycles. The first-order chi connectivity index (χ1) is 27.5. The van der Waals surface area contributed by atoms with E-state index in [4.69, 9.17) is 9.47 Å². The number of amides is 2. The van der Waals surface area contributed by atoms with E-state index >= 15 is 8.78 Å². The summed E-state index contributed by atoms with van der Waals surface area (Å²) in [7, 11) is -2.44. The van der Waals surface area contributed by atoms with Gasteiger partial charge in [-0.15, -0.1) is 0 Å². The molecule has 2 amide bonds. The summed E-state index contributed by atoms with van der Waals surface area (Å²) in [4.78, 5) is 31.8. The van der Waals surface area contributed by atoms with E-state index in [1.54, 1.807) is 36.4 Å². The van der Waals surface area contributed by atoms with Gasteiger partial charge in [0.25, 0.3) is 5.91 Å². The number of alkyl carbamates (subject to hydrolysis) is 1. The first kappa shape index (κ1) is 39.7. The minimum absolute atomic E-state index is 0.0269. The summed E-state index contributed by atoms with van der Waals surface area (Å²) in [5.41, 5.74) is 0.326. The second kappa shape index (κ2) is 16.3. The van der Waals surface area contributed by atoms with Crippen LogP contribution < -0.4 is 15.5 Å². The SMILES string of the molecule is COC(=O)N[C@H]1CCC[C@@H]1[C@](CN1CCC1)(c1cccc(F)c1)C1CCN(CC2(F)CN(c3ccc(S(=O)(=O)c4ccc(C(=O)NC5COC5)cc4)cc3)C2)CC1. The number of hydrogen-bond donors (Lipinski definition) is 2. The Hall–Kier alpha value is -4.11. The zero-order valence-electron chi connectivity index (χ0n) is 32.5. The van der Waals surface area contributed by atoms with Gasteiger partial charge in [-0.25, -0.2) is 22.0 Å². The molecule has 0 aromatic heterocycles.